The lowest BCUT2D eigenvalue weighted by molar-refractivity contribution is 0.0664. The Morgan fingerprint density at radius 2 is 1.48 bits per heavy atom. The Hall–Kier alpha value is -1.73. The molecule has 1 saturated heterocycles. The lowest BCUT2D eigenvalue weighted by Crippen LogP contribution is -2.38. The van der Waals surface area contributed by atoms with Gasteiger partial charge in [-0.2, -0.15) is 0 Å². The highest BCUT2D eigenvalue weighted by Crippen LogP contribution is 2.22. The monoisotopic (exact) mass is 308 g/mol. The topological polar surface area (TPSA) is 74.8 Å². The van der Waals surface area contributed by atoms with E-state index in [4.69, 9.17) is 0 Å². The molecule has 0 spiro atoms. The quantitative estimate of drug-likeness (QED) is 0.768. The van der Waals surface area contributed by atoms with Gasteiger partial charge in [0.15, 0.2) is 0 Å². The van der Waals surface area contributed by atoms with Crippen LogP contribution >= 0.6 is 0 Å². The van der Waals surface area contributed by atoms with Gasteiger partial charge >= 0.3 is 0 Å². The molecule has 0 aliphatic carbocycles. The largest absolute Gasteiger partial charge is 0.273 e. The van der Waals surface area contributed by atoms with Crippen LogP contribution < -0.4 is 0 Å². The molecule has 2 heterocycles. The number of carbonyl (C=O) groups excluding carboxylic acids is 2. The molecule has 0 unspecified atom stereocenters. The van der Waals surface area contributed by atoms with E-state index in [1.165, 1.54) is 4.31 Å². The molecule has 0 radical (unpaired) electrons. The van der Waals surface area contributed by atoms with Crippen LogP contribution in [0.15, 0.2) is 24.3 Å². The summed E-state index contributed by atoms with van der Waals surface area (Å²) in [5, 5.41) is 0. The van der Waals surface area contributed by atoms with E-state index >= 15 is 0 Å². The number of sulfonamides is 1. The summed E-state index contributed by atoms with van der Waals surface area (Å²) in [6, 6.07) is 6.55. The SMILES string of the molecule is O=C1c2ccccc2C(=O)N1CCS(=O)(=O)N1CCCC1. The molecule has 2 amide bonds. The number of hydrogen-bond acceptors (Lipinski definition) is 4. The van der Waals surface area contributed by atoms with E-state index in [-0.39, 0.29) is 12.3 Å². The number of nitrogens with zero attached hydrogens (tertiary/aromatic N) is 2. The number of imide groups is 1. The van der Waals surface area contributed by atoms with Crippen LogP contribution in [0.2, 0.25) is 0 Å². The molecule has 1 fully saturated rings. The number of fused-ring (bicyclic) bond motifs is 1. The van der Waals surface area contributed by atoms with E-state index in [9.17, 15) is 18.0 Å². The second-order valence-electron chi connectivity index (χ2n) is 5.23. The van der Waals surface area contributed by atoms with E-state index in [0.717, 1.165) is 17.7 Å². The highest BCUT2D eigenvalue weighted by atomic mass is 32.2. The van der Waals surface area contributed by atoms with Gasteiger partial charge in [0.1, 0.15) is 0 Å². The Balaban J connectivity index is 1.72. The van der Waals surface area contributed by atoms with Crippen molar-refractivity contribution in [2.24, 2.45) is 0 Å². The van der Waals surface area contributed by atoms with Crippen LogP contribution in [0.1, 0.15) is 33.6 Å². The maximum atomic E-state index is 12.2. The van der Waals surface area contributed by atoms with Gasteiger partial charge in [0.2, 0.25) is 10.0 Å². The van der Waals surface area contributed by atoms with Crippen LogP contribution in [0.4, 0.5) is 0 Å². The lowest BCUT2D eigenvalue weighted by Gasteiger charge is -2.18. The minimum Gasteiger partial charge on any atom is -0.273 e. The third-order valence-electron chi connectivity index (χ3n) is 3.91. The van der Waals surface area contributed by atoms with Crippen LogP contribution in [-0.4, -0.2) is 54.8 Å². The average molecular weight is 308 g/mol. The molecule has 112 valence electrons. The first kappa shape index (κ1) is 14.2. The van der Waals surface area contributed by atoms with Crippen molar-refractivity contribution in [2.75, 3.05) is 25.4 Å². The van der Waals surface area contributed by atoms with Gasteiger partial charge in [-0.15, -0.1) is 0 Å². The van der Waals surface area contributed by atoms with Gasteiger partial charge in [0.05, 0.1) is 16.9 Å². The number of benzene rings is 1. The van der Waals surface area contributed by atoms with Crippen LogP contribution in [0.5, 0.6) is 0 Å². The summed E-state index contributed by atoms with van der Waals surface area (Å²) in [6.45, 7) is 0.972. The molecule has 3 rings (SSSR count). The molecule has 0 saturated carbocycles. The fourth-order valence-electron chi connectivity index (χ4n) is 2.74. The fourth-order valence-corrected chi connectivity index (χ4v) is 4.23. The smallest absolute Gasteiger partial charge is 0.261 e. The molecule has 2 aliphatic rings. The van der Waals surface area contributed by atoms with Gasteiger partial charge in [-0.05, 0) is 25.0 Å². The van der Waals surface area contributed by atoms with Gasteiger partial charge in [-0.3, -0.25) is 14.5 Å². The standard InChI is InChI=1S/C14H16N2O4S/c17-13-11-5-1-2-6-12(11)14(18)16(13)9-10-21(19,20)15-7-3-4-8-15/h1-2,5-6H,3-4,7-10H2. The van der Waals surface area contributed by atoms with E-state index in [2.05, 4.69) is 0 Å². The Bertz CT molecular complexity index is 658. The minimum atomic E-state index is -3.39. The highest BCUT2D eigenvalue weighted by Gasteiger charge is 2.36. The maximum absolute atomic E-state index is 12.2. The Labute approximate surface area is 123 Å². The predicted octanol–water partition coefficient (Wildman–Crippen LogP) is 0.708. The van der Waals surface area contributed by atoms with Crippen molar-refractivity contribution in [1.29, 1.82) is 0 Å². The molecule has 0 aromatic heterocycles. The summed E-state index contributed by atoms with van der Waals surface area (Å²) < 4.78 is 25.7. The van der Waals surface area contributed by atoms with Gasteiger partial charge in [-0.1, -0.05) is 12.1 Å². The second-order valence-corrected chi connectivity index (χ2v) is 7.32. The molecular weight excluding hydrogens is 292 g/mol. The third-order valence-corrected chi connectivity index (χ3v) is 5.76. The van der Waals surface area contributed by atoms with E-state index < -0.39 is 21.8 Å². The summed E-state index contributed by atoms with van der Waals surface area (Å²) in [6.07, 6.45) is 1.73. The first-order chi connectivity index (χ1) is 10.0. The van der Waals surface area contributed by atoms with Crippen molar-refractivity contribution in [3.63, 3.8) is 0 Å². The first-order valence-electron chi connectivity index (χ1n) is 6.94. The third kappa shape index (κ3) is 2.47. The molecule has 21 heavy (non-hydrogen) atoms. The number of amides is 2. The second kappa shape index (κ2) is 5.23. The molecule has 7 heteroatoms. The molecule has 1 aromatic carbocycles. The summed E-state index contributed by atoms with van der Waals surface area (Å²) in [4.78, 5) is 25.3. The predicted molar refractivity (Wildman–Crippen MR) is 76.4 cm³/mol. The van der Waals surface area contributed by atoms with Gasteiger partial charge in [0, 0.05) is 19.6 Å². The Morgan fingerprint density at radius 3 is 2.00 bits per heavy atom. The van der Waals surface area contributed by atoms with E-state index in [0.29, 0.717) is 24.2 Å². The summed E-state index contributed by atoms with van der Waals surface area (Å²) in [5.41, 5.74) is 0.696. The molecule has 2 aliphatic heterocycles. The van der Waals surface area contributed by atoms with Crippen molar-refractivity contribution >= 4 is 21.8 Å². The summed E-state index contributed by atoms with van der Waals surface area (Å²) >= 11 is 0. The van der Waals surface area contributed by atoms with Gasteiger partial charge < -0.3 is 0 Å². The molecule has 0 atom stereocenters. The molecular formula is C14H16N2O4S. The van der Waals surface area contributed by atoms with Crippen molar-refractivity contribution < 1.29 is 18.0 Å². The zero-order chi connectivity index (χ0) is 15.0. The van der Waals surface area contributed by atoms with Crippen LogP contribution in [0.25, 0.3) is 0 Å². The van der Waals surface area contributed by atoms with Crippen molar-refractivity contribution in [3.05, 3.63) is 35.4 Å². The molecule has 0 bridgehead atoms. The lowest BCUT2D eigenvalue weighted by atomic mass is 10.1. The van der Waals surface area contributed by atoms with Crippen LogP contribution in [0, 0.1) is 0 Å². The van der Waals surface area contributed by atoms with E-state index in [1.807, 2.05) is 0 Å². The fraction of sp³-hybridized carbons (Fsp3) is 0.429. The number of hydrogen-bond donors (Lipinski definition) is 0. The van der Waals surface area contributed by atoms with Gasteiger partial charge in [0.25, 0.3) is 11.8 Å². The van der Waals surface area contributed by atoms with Crippen LogP contribution in [-0.2, 0) is 10.0 Å². The molecule has 1 aromatic rings. The summed E-state index contributed by atoms with van der Waals surface area (Å²) in [7, 11) is -3.39. The summed E-state index contributed by atoms with van der Waals surface area (Å²) in [5.74, 6) is -1.03. The number of rotatable bonds is 4. The molecule has 6 nitrogen and oxygen atoms in total. The van der Waals surface area contributed by atoms with Crippen molar-refractivity contribution in [3.8, 4) is 0 Å². The average Bonchev–Trinajstić information content (AvgIpc) is 3.08. The van der Waals surface area contributed by atoms with Crippen molar-refractivity contribution in [2.45, 2.75) is 12.8 Å². The van der Waals surface area contributed by atoms with E-state index in [1.54, 1.807) is 24.3 Å². The Morgan fingerprint density at radius 1 is 0.952 bits per heavy atom. The molecule has 0 N–H and O–H groups in total. The van der Waals surface area contributed by atoms with Gasteiger partial charge in [-0.25, -0.2) is 12.7 Å². The highest BCUT2D eigenvalue weighted by molar-refractivity contribution is 7.89. The Kier molecular flexibility index (Phi) is 3.54. The first-order valence-corrected chi connectivity index (χ1v) is 8.55. The van der Waals surface area contributed by atoms with Crippen molar-refractivity contribution in [1.82, 2.24) is 9.21 Å². The maximum Gasteiger partial charge on any atom is 0.261 e. The zero-order valence-corrected chi connectivity index (χ0v) is 12.3. The number of carbonyl (C=O) groups is 2. The minimum absolute atomic E-state index is 0.0921. The zero-order valence-electron chi connectivity index (χ0n) is 11.5. The van der Waals surface area contributed by atoms with Crippen LogP contribution in [0.3, 0.4) is 0 Å². The normalized spacial score (nSPS) is 19.3.